The molecule has 1 heterocycles. The van der Waals surface area contributed by atoms with Crippen LogP contribution in [0.15, 0.2) is 36.4 Å². The summed E-state index contributed by atoms with van der Waals surface area (Å²) in [4.78, 5) is 25.4. The molecule has 1 aliphatic heterocycles. The number of nitro groups is 1. The van der Waals surface area contributed by atoms with E-state index in [4.69, 9.17) is 9.47 Å². The molecule has 1 unspecified atom stereocenters. The number of hydrogen-bond acceptors (Lipinski definition) is 5. The second-order valence-electron chi connectivity index (χ2n) is 6.53. The molecule has 0 N–H and O–H groups in total. The van der Waals surface area contributed by atoms with E-state index in [1.807, 2.05) is 23.1 Å². The fourth-order valence-corrected chi connectivity index (χ4v) is 3.58. The molecule has 0 saturated carbocycles. The minimum Gasteiger partial charge on any atom is -0.493 e. The van der Waals surface area contributed by atoms with Gasteiger partial charge in [-0.2, -0.15) is 0 Å². The summed E-state index contributed by atoms with van der Waals surface area (Å²) in [5.74, 6) is 1.15. The quantitative estimate of drug-likeness (QED) is 0.589. The summed E-state index contributed by atoms with van der Waals surface area (Å²) in [7, 11) is 3.17. The Kier molecular flexibility index (Phi) is 5.30. The van der Waals surface area contributed by atoms with Crippen LogP contribution < -0.4 is 9.47 Å². The molecule has 1 fully saturated rings. The van der Waals surface area contributed by atoms with E-state index in [1.165, 1.54) is 12.1 Å². The molecule has 1 aliphatic rings. The first-order chi connectivity index (χ1) is 13.0. The van der Waals surface area contributed by atoms with Gasteiger partial charge in [0.1, 0.15) is 0 Å². The minimum atomic E-state index is -0.439. The van der Waals surface area contributed by atoms with Gasteiger partial charge in [-0.15, -0.1) is 0 Å². The molecule has 142 valence electrons. The van der Waals surface area contributed by atoms with Gasteiger partial charge in [0, 0.05) is 23.7 Å². The van der Waals surface area contributed by atoms with Crippen molar-refractivity contribution in [3.63, 3.8) is 0 Å². The Balaban J connectivity index is 1.89. The van der Waals surface area contributed by atoms with Crippen molar-refractivity contribution in [2.24, 2.45) is 0 Å². The smallest absolute Gasteiger partial charge is 0.272 e. The Labute approximate surface area is 157 Å². The number of carbonyl (C=O) groups is 1. The topological polar surface area (TPSA) is 81.9 Å². The number of ether oxygens (including phenoxy) is 2. The van der Waals surface area contributed by atoms with Crippen LogP contribution in [0.4, 0.5) is 5.69 Å². The van der Waals surface area contributed by atoms with Crippen molar-refractivity contribution < 1.29 is 19.2 Å². The number of nitrogens with zero attached hydrogens (tertiary/aromatic N) is 2. The molecule has 2 aromatic rings. The standard InChI is InChI=1S/C20H22N2O5/c1-13-11-15(6-8-16(13)22(24)25)20(23)21-10-4-5-17(21)14-7-9-18(26-2)19(12-14)27-3/h6-9,11-12,17H,4-5,10H2,1-3H3. The van der Waals surface area contributed by atoms with Gasteiger partial charge < -0.3 is 14.4 Å². The first kappa shape index (κ1) is 18.7. The Morgan fingerprint density at radius 3 is 2.52 bits per heavy atom. The first-order valence-electron chi connectivity index (χ1n) is 8.74. The van der Waals surface area contributed by atoms with E-state index in [2.05, 4.69) is 0 Å². The molecule has 0 radical (unpaired) electrons. The number of methoxy groups -OCH3 is 2. The molecule has 3 rings (SSSR count). The maximum atomic E-state index is 13.0. The molecule has 2 aromatic carbocycles. The fourth-order valence-electron chi connectivity index (χ4n) is 3.58. The van der Waals surface area contributed by atoms with Gasteiger partial charge in [0.05, 0.1) is 25.2 Å². The molecule has 27 heavy (non-hydrogen) atoms. The third-order valence-corrected chi connectivity index (χ3v) is 4.95. The first-order valence-corrected chi connectivity index (χ1v) is 8.74. The van der Waals surface area contributed by atoms with Gasteiger partial charge in [-0.25, -0.2) is 0 Å². The highest BCUT2D eigenvalue weighted by molar-refractivity contribution is 5.95. The number of likely N-dealkylation sites (tertiary alicyclic amines) is 1. The zero-order valence-electron chi connectivity index (χ0n) is 15.6. The van der Waals surface area contributed by atoms with Crippen LogP contribution in [0.1, 0.15) is 40.4 Å². The van der Waals surface area contributed by atoms with Gasteiger partial charge in [-0.1, -0.05) is 6.07 Å². The van der Waals surface area contributed by atoms with Crippen LogP contribution in [-0.2, 0) is 0 Å². The van der Waals surface area contributed by atoms with E-state index in [-0.39, 0.29) is 17.6 Å². The number of nitro benzene ring substituents is 1. The number of rotatable bonds is 5. The van der Waals surface area contributed by atoms with Gasteiger partial charge in [0.2, 0.25) is 0 Å². The largest absolute Gasteiger partial charge is 0.493 e. The Hall–Kier alpha value is -3.09. The van der Waals surface area contributed by atoms with Crippen molar-refractivity contribution in [1.82, 2.24) is 4.90 Å². The lowest BCUT2D eigenvalue weighted by atomic mass is 10.0. The van der Waals surface area contributed by atoms with E-state index >= 15 is 0 Å². The molecule has 7 nitrogen and oxygen atoms in total. The number of carbonyl (C=O) groups excluding carboxylic acids is 1. The van der Waals surface area contributed by atoms with E-state index in [9.17, 15) is 14.9 Å². The number of aryl methyl sites for hydroxylation is 1. The van der Waals surface area contributed by atoms with Crippen LogP contribution in [-0.4, -0.2) is 36.5 Å². The van der Waals surface area contributed by atoms with E-state index in [1.54, 1.807) is 27.2 Å². The Morgan fingerprint density at radius 2 is 1.89 bits per heavy atom. The summed E-state index contributed by atoms with van der Waals surface area (Å²) in [6, 6.07) is 10.1. The van der Waals surface area contributed by atoms with Crippen molar-refractivity contribution in [3.05, 3.63) is 63.2 Å². The lowest BCUT2D eigenvalue weighted by molar-refractivity contribution is -0.385. The second-order valence-corrected chi connectivity index (χ2v) is 6.53. The molecule has 1 amide bonds. The van der Waals surface area contributed by atoms with Crippen LogP contribution in [0.25, 0.3) is 0 Å². The van der Waals surface area contributed by atoms with E-state index < -0.39 is 4.92 Å². The van der Waals surface area contributed by atoms with Gasteiger partial charge in [0.15, 0.2) is 11.5 Å². The summed E-state index contributed by atoms with van der Waals surface area (Å²) in [5.41, 5.74) is 1.94. The summed E-state index contributed by atoms with van der Waals surface area (Å²) >= 11 is 0. The molecule has 0 aliphatic carbocycles. The van der Waals surface area contributed by atoms with Crippen molar-refractivity contribution in [3.8, 4) is 11.5 Å². The average Bonchev–Trinajstić information content (AvgIpc) is 3.16. The Morgan fingerprint density at radius 1 is 1.15 bits per heavy atom. The second kappa shape index (κ2) is 7.65. The monoisotopic (exact) mass is 370 g/mol. The van der Waals surface area contributed by atoms with Gasteiger partial charge in [-0.3, -0.25) is 14.9 Å². The highest BCUT2D eigenvalue weighted by atomic mass is 16.6. The van der Waals surface area contributed by atoms with Gasteiger partial charge in [0.25, 0.3) is 11.6 Å². The maximum Gasteiger partial charge on any atom is 0.272 e. The summed E-state index contributed by atoms with van der Waals surface area (Å²) in [6.07, 6.45) is 1.75. The summed E-state index contributed by atoms with van der Waals surface area (Å²) < 4.78 is 10.7. The molecule has 7 heteroatoms. The molecular weight excluding hydrogens is 348 g/mol. The van der Waals surface area contributed by atoms with E-state index in [0.29, 0.717) is 29.2 Å². The molecule has 1 saturated heterocycles. The molecular formula is C20H22N2O5. The van der Waals surface area contributed by atoms with Crippen LogP contribution in [0.3, 0.4) is 0 Å². The summed E-state index contributed by atoms with van der Waals surface area (Å²) in [5, 5.41) is 11.0. The van der Waals surface area contributed by atoms with Crippen LogP contribution >= 0.6 is 0 Å². The fraction of sp³-hybridized carbons (Fsp3) is 0.350. The lowest BCUT2D eigenvalue weighted by Gasteiger charge is -2.26. The van der Waals surface area contributed by atoms with Crippen molar-refractivity contribution >= 4 is 11.6 Å². The highest BCUT2D eigenvalue weighted by Crippen LogP contribution is 2.37. The SMILES string of the molecule is COc1ccc(C2CCCN2C(=O)c2ccc([N+](=O)[O-])c(C)c2)cc1OC. The molecule has 0 spiro atoms. The zero-order chi connectivity index (χ0) is 19.6. The zero-order valence-corrected chi connectivity index (χ0v) is 15.6. The molecule has 0 aromatic heterocycles. The molecule has 1 atom stereocenters. The highest BCUT2D eigenvalue weighted by Gasteiger charge is 2.31. The lowest BCUT2D eigenvalue weighted by Crippen LogP contribution is -2.30. The van der Waals surface area contributed by atoms with Crippen molar-refractivity contribution in [2.45, 2.75) is 25.8 Å². The van der Waals surface area contributed by atoms with Crippen molar-refractivity contribution in [2.75, 3.05) is 20.8 Å². The Bertz CT molecular complexity index is 881. The average molecular weight is 370 g/mol. The number of benzene rings is 2. The minimum absolute atomic E-state index is 0.0180. The van der Waals surface area contributed by atoms with Gasteiger partial charge in [-0.05, 0) is 49.6 Å². The van der Waals surface area contributed by atoms with Crippen LogP contribution in [0.2, 0.25) is 0 Å². The third kappa shape index (κ3) is 3.58. The van der Waals surface area contributed by atoms with Crippen molar-refractivity contribution in [1.29, 1.82) is 0 Å². The number of hydrogen-bond donors (Lipinski definition) is 0. The number of amides is 1. The maximum absolute atomic E-state index is 13.0. The normalized spacial score (nSPS) is 16.3. The summed E-state index contributed by atoms with van der Waals surface area (Å²) in [6.45, 7) is 2.29. The van der Waals surface area contributed by atoms with E-state index in [0.717, 1.165) is 18.4 Å². The van der Waals surface area contributed by atoms with Crippen LogP contribution in [0, 0.1) is 17.0 Å². The predicted molar refractivity (Wildman–Crippen MR) is 100 cm³/mol. The predicted octanol–water partition coefficient (Wildman–Crippen LogP) is 3.90. The van der Waals surface area contributed by atoms with Crippen LogP contribution in [0.5, 0.6) is 11.5 Å². The molecule has 0 bridgehead atoms. The van der Waals surface area contributed by atoms with Gasteiger partial charge >= 0.3 is 0 Å². The third-order valence-electron chi connectivity index (χ3n) is 4.95.